The largest absolute Gasteiger partial charge is 0.464 e. The molecule has 1 unspecified atom stereocenters. The van der Waals surface area contributed by atoms with Crippen molar-refractivity contribution in [2.45, 2.75) is 32.2 Å². The van der Waals surface area contributed by atoms with E-state index < -0.39 is 23.8 Å². The van der Waals surface area contributed by atoms with Gasteiger partial charge in [-0.25, -0.2) is 4.79 Å². The van der Waals surface area contributed by atoms with Crippen LogP contribution in [0.1, 0.15) is 36.1 Å². The highest BCUT2D eigenvalue weighted by molar-refractivity contribution is 5.76. The molecule has 0 heterocycles. The summed E-state index contributed by atoms with van der Waals surface area (Å²) in [5, 5.41) is 0. The van der Waals surface area contributed by atoms with E-state index in [0.29, 0.717) is 17.5 Å². The molecule has 25 heavy (non-hydrogen) atoms. The first-order chi connectivity index (χ1) is 11.9. The van der Waals surface area contributed by atoms with Gasteiger partial charge < -0.3 is 9.47 Å². The van der Waals surface area contributed by atoms with Crippen LogP contribution in [-0.2, 0) is 27.1 Å². The minimum atomic E-state index is -4.42. The second-order valence-corrected chi connectivity index (χ2v) is 5.47. The molecule has 0 amide bonds. The third-order valence-corrected chi connectivity index (χ3v) is 3.44. The molecule has 0 aromatic heterocycles. The van der Waals surface area contributed by atoms with Crippen LogP contribution in [0.25, 0.3) is 0 Å². The summed E-state index contributed by atoms with van der Waals surface area (Å²) in [6.45, 7) is 1.99. The lowest BCUT2D eigenvalue weighted by atomic mass is 10.1. The van der Waals surface area contributed by atoms with Crippen molar-refractivity contribution in [2.75, 3.05) is 6.61 Å². The second-order valence-electron chi connectivity index (χ2n) is 5.47. The highest BCUT2D eigenvalue weighted by Gasteiger charge is 2.30. The van der Waals surface area contributed by atoms with Crippen molar-refractivity contribution in [3.05, 3.63) is 71.3 Å². The van der Waals surface area contributed by atoms with Gasteiger partial charge in [-0.1, -0.05) is 49.4 Å². The van der Waals surface area contributed by atoms with Crippen molar-refractivity contribution in [2.24, 2.45) is 0 Å². The Balaban J connectivity index is 2.13. The van der Waals surface area contributed by atoms with Crippen molar-refractivity contribution in [3.63, 3.8) is 0 Å². The van der Waals surface area contributed by atoms with Crippen LogP contribution in [-0.4, -0.2) is 12.6 Å². The number of rotatable bonds is 7. The zero-order valence-electron chi connectivity index (χ0n) is 13.8. The molecule has 0 saturated heterocycles. The van der Waals surface area contributed by atoms with E-state index in [1.165, 1.54) is 12.1 Å². The molecule has 0 spiro atoms. The van der Waals surface area contributed by atoms with E-state index in [-0.39, 0.29) is 13.2 Å². The Morgan fingerprint density at radius 2 is 1.80 bits per heavy atom. The number of hydrogen-bond donors (Lipinski definition) is 0. The van der Waals surface area contributed by atoms with Gasteiger partial charge in [0.1, 0.15) is 0 Å². The zero-order valence-corrected chi connectivity index (χ0v) is 13.8. The Labute approximate surface area is 144 Å². The summed E-state index contributed by atoms with van der Waals surface area (Å²) in [5.74, 6) is -0.556. The lowest BCUT2D eigenvalue weighted by molar-refractivity contribution is -0.158. The Kier molecular flexibility index (Phi) is 6.58. The van der Waals surface area contributed by atoms with Gasteiger partial charge in [0.05, 0.1) is 18.8 Å². The van der Waals surface area contributed by atoms with Crippen LogP contribution < -0.4 is 0 Å². The molecule has 3 nitrogen and oxygen atoms in total. The fourth-order valence-corrected chi connectivity index (χ4v) is 2.22. The summed E-state index contributed by atoms with van der Waals surface area (Å²) in [6, 6.07) is 13.6. The summed E-state index contributed by atoms with van der Waals surface area (Å²) in [6.07, 6.45) is -4.74. The molecule has 0 radical (unpaired) electrons. The third-order valence-electron chi connectivity index (χ3n) is 3.44. The van der Waals surface area contributed by atoms with Gasteiger partial charge >= 0.3 is 12.1 Å². The zero-order chi connectivity index (χ0) is 18.3. The van der Waals surface area contributed by atoms with Crippen LogP contribution in [0.4, 0.5) is 13.2 Å². The normalized spacial score (nSPS) is 12.6. The van der Waals surface area contributed by atoms with Crippen LogP contribution in [0.2, 0.25) is 0 Å². The van der Waals surface area contributed by atoms with Gasteiger partial charge in [0.25, 0.3) is 0 Å². The molecule has 0 saturated carbocycles. The van der Waals surface area contributed by atoms with E-state index in [9.17, 15) is 18.0 Å². The van der Waals surface area contributed by atoms with Gasteiger partial charge in [0.2, 0.25) is 0 Å². The molecular formula is C19H19F3O3. The fourth-order valence-electron chi connectivity index (χ4n) is 2.22. The van der Waals surface area contributed by atoms with Gasteiger partial charge in [-0.2, -0.15) is 13.2 Å². The lowest BCUT2D eigenvalue weighted by Crippen LogP contribution is -2.19. The van der Waals surface area contributed by atoms with Gasteiger partial charge in [0.15, 0.2) is 6.10 Å². The fraction of sp³-hybridized carbons (Fsp3) is 0.316. The maximum absolute atomic E-state index is 12.8. The lowest BCUT2D eigenvalue weighted by Gasteiger charge is -2.17. The van der Waals surface area contributed by atoms with Crippen molar-refractivity contribution in [1.29, 1.82) is 0 Å². The smallest absolute Gasteiger partial charge is 0.416 e. The second kappa shape index (κ2) is 8.67. The third kappa shape index (κ3) is 5.60. The predicted octanol–water partition coefficient (Wildman–Crippen LogP) is 4.92. The first-order valence-electron chi connectivity index (χ1n) is 7.91. The number of carbonyl (C=O) groups excluding carboxylic acids is 1. The Hall–Kier alpha value is -2.34. The van der Waals surface area contributed by atoms with Crippen LogP contribution in [0.3, 0.4) is 0 Å². The molecule has 0 N–H and O–H groups in total. The topological polar surface area (TPSA) is 35.5 Å². The van der Waals surface area contributed by atoms with E-state index in [4.69, 9.17) is 9.47 Å². The molecule has 0 aliphatic rings. The quantitative estimate of drug-likeness (QED) is 0.664. The SMILES string of the molecule is CCCOC(=O)C(OCc1cccc(C(F)(F)F)c1)c1ccccc1. The summed E-state index contributed by atoms with van der Waals surface area (Å²) >= 11 is 0. The number of halogens is 3. The predicted molar refractivity (Wildman–Crippen MR) is 86.7 cm³/mol. The maximum atomic E-state index is 12.8. The van der Waals surface area contributed by atoms with E-state index in [2.05, 4.69) is 0 Å². The van der Waals surface area contributed by atoms with E-state index >= 15 is 0 Å². The standard InChI is InChI=1S/C19H19F3O3/c1-2-11-24-18(23)17(15-8-4-3-5-9-15)25-13-14-7-6-10-16(12-14)19(20,21)22/h3-10,12,17H,2,11,13H2,1H3. The molecule has 6 heteroatoms. The van der Waals surface area contributed by atoms with Crippen molar-refractivity contribution >= 4 is 5.97 Å². The monoisotopic (exact) mass is 352 g/mol. The van der Waals surface area contributed by atoms with E-state index in [0.717, 1.165) is 12.1 Å². The van der Waals surface area contributed by atoms with E-state index in [1.807, 2.05) is 6.92 Å². The minimum absolute atomic E-state index is 0.134. The van der Waals surface area contributed by atoms with Gasteiger partial charge in [-0.15, -0.1) is 0 Å². The summed E-state index contributed by atoms with van der Waals surface area (Å²) in [4.78, 5) is 12.2. The molecule has 1 atom stereocenters. The number of hydrogen-bond acceptors (Lipinski definition) is 3. The average Bonchev–Trinajstić information content (AvgIpc) is 2.60. The molecule has 134 valence electrons. The molecule has 2 rings (SSSR count). The first-order valence-corrected chi connectivity index (χ1v) is 7.91. The molecule has 2 aromatic rings. The molecule has 0 fully saturated rings. The molecule has 2 aromatic carbocycles. The first kappa shape index (κ1) is 19.0. The minimum Gasteiger partial charge on any atom is -0.464 e. The number of esters is 1. The van der Waals surface area contributed by atoms with Gasteiger partial charge in [0, 0.05) is 0 Å². The maximum Gasteiger partial charge on any atom is 0.416 e. The molecule has 0 bridgehead atoms. The number of ether oxygens (including phenoxy) is 2. The van der Waals surface area contributed by atoms with Crippen LogP contribution in [0.5, 0.6) is 0 Å². The van der Waals surface area contributed by atoms with Gasteiger partial charge in [-0.3, -0.25) is 0 Å². The highest BCUT2D eigenvalue weighted by atomic mass is 19.4. The van der Waals surface area contributed by atoms with Crippen molar-refractivity contribution in [1.82, 2.24) is 0 Å². The average molecular weight is 352 g/mol. The van der Waals surface area contributed by atoms with Gasteiger partial charge in [-0.05, 0) is 29.7 Å². The van der Waals surface area contributed by atoms with Crippen LogP contribution in [0.15, 0.2) is 54.6 Å². The Morgan fingerprint density at radius 1 is 1.08 bits per heavy atom. The molecular weight excluding hydrogens is 333 g/mol. The van der Waals surface area contributed by atoms with E-state index in [1.54, 1.807) is 30.3 Å². The van der Waals surface area contributed by atoms with Crippen LogP contribution in [0, 0.1) is 0 Å². The van der Waals surface area contributed by atoms with Crippen molar-refractivity contribution in [3.8, 4) is 0 Å². The number of alkyl halides is 3. The molecule has 0 aliphatic heterocycles. The Morgan fingerprint density at radius 3 is 2.44 bits per heavy atom. The highest BCUT2D eigenvalue weighted by Crippen LogP contribution is 2.30. The number of benzene rings is 2. The van der Waals surface area contributed by atoms with Crippen molar-refractivity contribution < 1.29 is 27.4 Å². The molecule has 0 aliphatic carbocycles. The summed E-state index contributed by atoms with van der Waals surface area (Å²) in [7, 11) is 0. The number of carbonyl (C=O) groups is 1. The Bertz CT molecular complexity index is 684. The summed E-state index contributed by atoms with van der Waals surface area (Å²) in [5.41, 5.74) is 0.174. The van der Waals surface area contributed by atoms with Crippen LogP contribution >= 0.6 is 0 Å². The summed E-state index contributed by atoms with van der Waals surface area (Å²) < 4.78 is 49.1.